The Labute approximate surface area is 145 Å². The topological polar surface area (TPSA) is 68.3 Å². The minimum Gasteiger partial charge on any atom is -0.469 e. The molecule has 0 saturated carbocycles. The fraction of sp³-hybridized carbons (Fsp3) is 0.278. The second-order valence-electron chi connectivity index (χ2n) is 5.59. The predicted octanol–water partition coefficient (Wildman–Crippen LogP) is 3.06. The number of methoxy groups -OCH3 is 1. The van der Waals surface area contributed by atoms with Crippen LogP contribution >= 0.6 is 11.3 Å². The van der Waals surface area contributed by atoms with Crippen LogP contribution in [0.4, 0.5) is 0 Å². The average molecular weight is 344 g/mol. The van der Waals surface area contributed by atoms with Crippen LogP contribution in [0.2, 0.25) is 0 Å². The number of hydrogen-bond acceptors (Lipinski definition) is 5. The number of nitrogens with zero attached hydrogens (tertiary/aromatic N) is 1. The van der Waals surface area contributed by atoms with Gasteiger partial charge in [-0.25, -0.2) is 0 Å². The number of hydrogen-bond donors (Lipinski definition) is 1. The van der Waals surface area contributed by atoms with E-state index in [0.717, 1.165) is 10.4 Å². The lowest BCUT2D eigenvalue weighted by atomic mass is 9.89. The zero-order valence-electron chi connectivity index (χ0n) is 13.9. The number of rotatable bonds is 6. The van der Waals surface area contributed by atoms with E-state index in [0.29, 0.717) is 0 Å². The standard InChI is InChI=1S/C18H20N2O3S/c1-13-4-5-15(24-13)6-7-16(21)20-18(2,12-17(22)23-3)14-8-10-19-11-9-14/h4-11H,12H2,1-3H3,(H,20,21)/b7-6+. The van der Waals surface area contributed by atoms with Gasteiger partial charge < -0.3 is 10.1 Å². The summed E-state index contributed by atoms with van der Waals surface area (Å²) in [6.45, 7) is 3.80. The fourth-order valence-corrected chi connectivity index (χ4v) is 3.09. The summed E-state index contributed by atoms with van der Waals surface area (Å²) in [6, 6.07) is 7.51. The first-order valence-electron chi connectivity index (χ1n) is 7.47. The van der Waals surface area contributed by atoms with E-state index in [4.69, 9.17) is 4.74 Å². The van der Waals surface area contributed by atoms with E-state index in [9.17, 15) is 9.59 Å². The van der Waals surface area contributed by atoms with Crippen molar-refractivity contribution in [3.8, 4) is 0 Å². The van der Waals surface area contributed by atoms with Crippen LogP contribution in [-0.4, -0.2) is 24.0 Å². The number of nitrogens with one attached hydrogen (secondary N) is 1. The Bertz CT molecular complexity index is 740. The molecule has 1 N–H and O–H groups in total. The van der Waals surface area contributed by atoms with Crippen molar-refractivity contribution in [1.82, 2.24) is 10.3 Å². The SMILES string of the molecule is COC(=O)CC(C)(NC(=O)/C=C/c1ccc(C)s1)c1ccncc1. The molecule has 0 fully saturated rings. The van der Waals surface area contributed by atoms with E-state index in [2.05, 4.69) is 10.3 Å². The first-order valence-corrected chi connectivity index (χ1v) is 8.28. The van der Waals surface area contributed by atoms with Crippen LogP contribution in [0.1, 0.15) is 28.7 Å². The maximum Gasteiger partial charge on any atom is 0.308 e. The van der Waals surface area contributed by atoms with Crippen LogP contribution in [0, 0.1) is 6.92 Å². The summed E-state index contributed by atoms with van der Waals surface area (Å²) in [5, 5.41) is 2.90. The molecule has 6 heteroatoms. The van der Waals surface area contributed by atoms with Gasteiger partial charge >= 0.3 is 5.97 Å². The molecule has 0 aliphatic heterocycles. The number of carbonyl (C=O) groups is 2. The number of thiophene rings is 1. The smallest absolute Gasteiger partial charge is 0.308 e. The molecular formula is C18H20N2O3S. The van der Waals surface area contributed by atoms with Crippen molar-refractivity contribution in [2.75, 3.05) is 7.11 Å². The lowest BCUT2D eigenvalue weighted by Crippen LogP contribution is -2.44. The Morgan fingerprint density at radius 2 is 2.00 bits per heavy atom. The second-order valence-corrected chi connectivity index (χ2v) is 6.91. The highest BCUT2D eigenvalue weighted by Gasteiger charge is 2.31. The summed E-state index contributed by atoms with van der Waals surface area (Å²) in [7, 11) is 1.33. The molecule has 0 spiro atoms. The van der Waals surface area contributed by atoms with Crippen molar-refractivity contribution in [1.29, 1.82) is 0 Å². The van der Waals surface area contributed by atoms with Crippen LogP contribution in [0.3, 0.4) is 0 Å². The summed E-state index contributed by atoms with van der Waals surface area (Å²) in [5.74, 6) is -0.670. The molecule has 126 valence electrons. The van der Waals surface area contributed by atoms with Gasteiger partial charge in [0, 0.05) is 28.2 Å². The van der Waals surface area contributed by atoms with Gasteiger partial charge in [0.2, 0.25) is 5.91 Å². The molecule has 0 saturated heterocycles. The lowest BCUT2D eigenvalue weighted by molar-refractivity contribution is -0.142. The maximum atomic E-state index is 12.3. The second kappa shape index (κ2) is 7.88. The van der Waals surface area contributed by atoms with Gasteiger partial charge in [-0.05, 0) is 49.8 Å². The molecule has 1 amide bonds. The number of aryl methyl sites for hydroxylation is 1. The van der Waals surface area contributed by atoms with Gasteiger partial charge in [0.15, 0.2) is 0 Å². The quantitative estimate of drug-likeness (QED) is 0.646. The Morgan fingerprint density at radius 3 is 2.58 bits per heavy atom. The molecule has 2 aromatic rings. The largest absolute Gasteiger partial charge is 0.469 e. The maximum absolute atomic E-state index is 12.3. The Morgan fingerprint density at radius 1 is 1.29 bits per heavy atom. The van der Waals surface area contributed by atoms with Gasteiger partial charge in [-0.15, -0.1) is 11.3 Å². The minimum atomic E-state index is -0.872. The predicted molar refractivity (Wildman–Crippen MR) is 94.5 cm³/mol. The van der Waals surface area contributed by atoms with Crippen LogP contribution < -0.4 is 5.32 Å². The van der Waals surface area contributed by atoms with Gasteiger partial charge in [-0.1, -0.05) is 0 Å². The molecular weight excluding hydrogens is 324 g/mol. The van der Waals surface area contributed by atoms with Crippen molar-refractivity contribution in [3.63, 3.8) is 0 Å². The number of aromatic nitrogens is 1. The molecule has 2 rings (SSSR count). The van der Waals surface area contributed by atoms with Crippen LogP contribution in [0.15, 0.2) is 42.7 Å². The van der Waals surface area contributed by atoms with Crippen molar-refractivity contribution >= 4 is 29.3 Å². The molecule has 0 radical (unpaired) electrons. The first-order chi connectivity index (χ1) is 11.4. The summed E-state index contributed by atoms with van der Waals surface area (Å²) in [5.41, 5.74) is -0.0837. The first kappa shape index (κ1) is 17.9. The van der Waals surface area contributed by atoms with Gasteiger partial charge in [0.05, 0.1) is 19.1 Å². The molecule has 0 aromatic carbocycles. The van der Waals surface area contributed by atoms with Crippen LogP contribution in [-0.2, 0) is 19.9 Å². The van der Waals surface area contributed by atoms with Crippen LogP contribution in [0.25, 0.3) is 6.08 Å². The molecule has 1 atom stereocenters. The van der Waals surface area contributed by atoms with E-state index in [1.54, 1.807) is 48.9 Å². The molecule has 24 heavy (non-hydrogen) atoms. The minimum absolute atomic E-state index is 0.0329. The van der Waals surface area contributed by atoms with Gasteiger partial charge in [0.25, 0.3) is 0 Å². The monoisotopic (exact) mass is 344 g/mol. The zero-order chi connectivity index (χ0) is 17.6. The number of esters is 1. The zero-order valence-corrected chi connectivity index (χ0v) is 14.7. The van der Waals surface area contributed by atoms with Crippen molar-refractivity contribution in [2.45, 2.75) is 25.8 Å². The van der Waals surface area contributed by atoms with Gasteiger partial charge in [-0.3, -0.25) is 14.6 Å². The van der Waals surface area contributed by atoms with Crippen LogP contribution in [0.5, 0.6) is 0 Å². The number of carbonyl (C=O) groups excluding carboxylic acids is 2. The normalized spacial score (nSPS) is 13.5. The molecule has 1 unspecified atom stereocenters. The summed E-state index contributed by atoms with van der Waals surface area (Å²) in [4.78, 5) is 30.2. The molecule has 2 aromatic heterocycles. The van der Waals surface area contributed by atoms with E-state index >= 15 is 0 Å². The average Bonchev–Trinajstić information content (AvgIpc) is 2.99. The highest BCUT2D eigenvalue weighted by molar-refractivity contribution is 7.12. The van der Waals surface area contributed by atoms with Crippen molar-refractivity contribution in [2.24, 2.45) is 0 Å². The Kier molecular flexibility index (Phi) is 5.87. The lowest BCUT2D eigenvalue weighted by Gasteiger charge is -2.29. The molecule has 0 aliphatic carbocycles. The summed E-state index contributed by atoms with van der Waals surface area (Å²) in [6.07, 6.45) is 6.52. The van der Waals surface area contributed by atoms with E-state index in [1.165, 1.54) is 18.1 Å². The third-order valence-corrected chi connectivity index (χ3v) is 4.57. The molecule has 2 heterocycles. The molecule has 0 aliphatic rings. The van der Waals surface area contributed by atoms with Crippen molar-refractivity contribution < 1.29 is 14.3 Å². The summed E-state index contributed by atoms with van der Waals surface area (Å²) < 4.78 is 4.76. The molecule has 0 bridgehead atoms. The highest BCUT2D eigenvalue weighted by atomic mass is 32.1. The Balaban J connectivity index is 2.17. The summed E-state index contributed by atoms with van der Waals surface area (Å²) >= 11 is 1.61. The fourth-order valence-electron chi connectivity index (χ4n) is 2.31. The van der Waals surface area contributed by atoms with E-state index in [-0.39, 0.29) is 12.3 Å². The Hall–Kier alpha value is -2.47. The van der Waals surface area contributed by atoms with Gasteiger partial charge in [0.1, 0.15) is 0 Å². The third kappa shape index (κ3) is 4.76. The van der Waals surface area contributed by atoms with Gasteiger partial charge in [-0.2, -0.15) is 0 Å². The van der Waals surface area contributed by atoms with Crippen molar-refractivity contribution in [3.05, 3.63) is 58.1 Å². The highest BCUT2D eigenvalue weighted by Crippen LogP contribution is 2.25. The van der Waals surface area contributed by atoms with E-state index < -0.39 is 11.5 Å². The number of ether oxygens (including phenoxy) is 1. The number of amides is 1. The third-order valence-electron chi connectivity index (χ3n) is 3.60. The van der Waals surface area contributed by atoms with E-state index in [1.807, 2.05) is 19.1 Å². The number of pyridine rings is 1. The molecule has 5 nitrogen and oxygen atoms in total.